The fourth-order valence-electron chi connectivity index (χ4n) is 2.39. The van der Waals surface area contributed by atoms with Crippen molar-refractivity contribution in [1.29, 1.82) is 0 Å². The predicted molar refractivity (Wildman–Crippen MR) is 105 cm³/mol. The van der Waals surface area contributed by atoms with E-state index in [9.17, 15) is 0 Å². The Bertz CT molecular complexity index is 775. The van der Waals surface area contributed by atoms with Gasteiger partial charge in [0.05, 0.1) is 11.4 Å². The molecule has 3 N–H and O–H groups in total. The van der Waals surface area contributed by atoms with Crippen molar-refractivity contribution in [3.05, 3.63) is 84.4 Å². The van der Waals surface area contributed by atoms with Crippen LogP contribution >= 0.6 is 11.9 Å². The minimum Gasteiger partial charge on any atom is -0.397 e. The van der Waals surface area contributed by atoms with E-state index in [0.717, 1.165) is 23.6 Å². The molecular weight excluding hydrogens is 314 g/mol. The van der Waals surface area contributed by atoms with Gasteiger partial charge in [0.1, 0.15) is 0 Å². The minimum absolute atomic E-state index is 0.754. The Balaban J connectivity index is 1.65. The van der Waals surface area contributed by atoms with E-state index in [-0.39, 0.29) is 0 Å². The lowest BCUT2D eigenvalue weighted by molar-refractivity contribution is 1.15. The lowest BCUT2D eigenvalue weighted by Gasteiger charge is -2.19. The molecule has 0 aliphatic carbocycles. The van der Waals surface area contributed by atoms with Crippen LogP contribution in [0.25, 0.3) is 0 Å². The van der Waals surface area contributed by atoms with Crippen molar-refractivity contribution < 1.29 is 0 Å². The second-order valence-electron chi connectivity index (χ2n) is 5.51. The standard InChI is InChI=1S/C20H21N3S/c1-23(24-18-10-6-3-7-11-18)17-12-13-20(19(21)14-17)22-15-16-8-4-2-5-9-16/h2-14,22H,15,21H2,1H3. The normalized spacial score (nSPS) is 10.4. The van der Waals surface area contributed by atoms with Crippen LogP contribution < -0.4 is 15.4 Å². The van der Waals surface area contributed by atoms with Crippen LogP contribution in [0.2, 0.25) is 0 Å². The number of hydrogen-bond acceptors (Lipinski definition) is 4. The van der Waals surface area contributed by atoms with Crippen molar-refractivity contribution in [2.24, 2.45) is 0 Å². The number of nitrogen functional groups attached to an aromatic ring is 1. The van der Waals surface area contributed by atoms with Gasteiger partial charge in [-0.25, -0.2) is 0 Å². The smallest absolute Gasteiger partial charge is 0.0578 e. The number of nitrogens with one attached hydrogen (secondary N) is 1. The summed E-state index contributed by atoms with van der Waals surface area (Å²) in [5.41, 5.74) is 10.2. The summed E-state index contributed by atoms with van der Waals surface area (Å²) in [5.74, 6) is 0. The molecule has 0 atom stereocenters. The molecule has 0 aromatic heterocycles. The largest absolute Gasteiger partial charge is 0.397 e. The number of rotatable bonds is 6. The molecule has 0 spiro atoms. The van der Waals surface area contributed by atoms with E-state index in [2.05, 4.69) is 40.0 Å². The van der Waals surface area contributed by atoms with Gasteiger partial charge >= 0.3 is 0 Å². The van der Waals surface area contributed by atoms with Crippen molar-refractivity contribution >= 4 is 29.0 Å². The molecule has 0 heterocycles. The molecule has 3 nitrogen and oxygen atoms in total. The monoisotopic (exact) mass is 335 g/mol. The van der Waals surface area contributed by atoms with Gasteiger partial charge in [0, 0.05) is 24.2 Å². The molecule has 0 saturated carbocycles. The lowest BCUT2D eigenvalue weighted by Crippen LogP contribution is -2.08. The van der Waals surface area contributed by atoms with Gasteiger partial charge in [-0.3, -0.25) is 0 Å². The molecule has 0 bridgehead atoms. The SMILES string of the molecule is CN(Sc1ccccc1)c1ccc(NCc2ccccc2)c(N)c1. The molecule has 0 fully saturated rings. The first-order chi connectivity index (χ1) is 11.7. The average Bonchev–Trinajstić information content (AvgIpc) is 2.62. The highest BCUT2D eigenvalue weighted by molar-refractivity contribution is 8.00. The zero-order valence-electron chi connectivity index (χ0n) is 13.6. The molecule has 122 valence electrons. The van der Waals surface area contributed by atoms with Crippen molar-refractivity contribution in [1.82, 2.24) is 0 Å². The highest BCUT2D eigenvalue weighted by Gasteiger charge is 2.06. The summed E-state index contributed by atoms with van der Waals surface area (Å²) in [6.07, 6.45) is 0. The number of nitrogens with zero attached hydrogens (tertiary/aromatic N) is 1. The Morgan fingerprint density at radius 3 is 2.25 bits per heavy atom. The maximum atomic E-state index is 6.22. The van der Waals surface area contributed by atoms with Crippen LogP contribution in [0.15, 0.2) is 83.8 Å². The zero-order chi connectivity index (χ0) is 16.8. The van der Waals surface area contributed by atoms with Gasteiger partial charge in [0.25, 0.3) is 0 Å². The van der Waals surface area contributed by atoms with E-state index in [4.69, 9.17) is 5.73 Å². The third kappa shape index (κ3) is 4.24. The highest BCUT2D eigenvalue weighted by atomic mass is 32.2. The summed E-state index contributed by atoms with van der Waals surface area (Å²) in [6.45, 7) is 0.763. The first kappa shape index (κ1) is 16.3. The summed E-state index contributed by atoms with van der Waals surface area (Å²) in [5, 5.41) is 3.39. The number of anilines is 3. The number of benzene rings is 3. The van der Waals surface area contributed by atoms with Crippen LogP contribution in [-0.4, -0.2) is 7.05 Å². The van der Waals surface area contributed by atoms with Gasteiger partial charge < -0.3 is 15.4 Å². The molecule has 3 aromatic rings. The molecule has 0 aliphatic rings. The van der Waals surface area contributed by atoms with E-state index >= 15 is 0 Å². The molecular formula is C20H21N3S. The summed E-state index contributed by atoms with van der Waals surface area (Å²) in [7, 11) is 2.05. The van der Waals surface area contributed by atoms with Crippen molar-refractivity contribution in [2.75, 3.05) is 22.4 Å². The van der Waals surface area contributed by atoms with E-state index in [1.165, 1.54) is 10.5 Å². The van der Waals surface area contributed by atoms with Crippen LogP contribution in [0.4, 0.5) is 17.1 Å². The molecule has 3 aromatic carbocycles. The lowest BCUT2D eigenvalue weighted by atomic mass is 10.2. The Morgan fingerprint density at radius 2 is 1.58 bits per heavy atom. The van der Waals surface area contributed by atoms with Gasteiger partial charge in [-0.1, -0.05) is 48.5 Å². The Morgan fingerprint density at radius 1 is 0.917 bits per heavy atom. The van der Waals surface area contributed by atoms with E-state index in [1.54, 1.807) is 11.9 Å². The van der Waals surface area contributed by atoms with Crippen molar-refractivity contribution in [3.8, 4) is 0 Å². The topological polar surface area (TPSA) is 41.3 Å². The van der Waals surface area contributed by atoms with Crippen LogP contribution in [0, 0.1) is 0 Å². The van der Waals surface area contributed by atoms with Crippen molar-refractivity contribution in [2.45, 2.75) is 11.4 Å². The second-order valence-corrected chi connectivity index (χ2v) is 6.71. The molecule has 4 heteroatoms. The maximum Gasteiger partial charge on any atom is 0.0578 e. The van der Waals surface area contributed by atoms with Crippen LogP contribution in [-0.2, 0) is 6.54 Å². The molecule has 0 amide bonds. The van der Waals surface area contributed by atoms with E-state index < -0.39 is 0 Å². The van der Waals surface area contributed by atoms with Crippen LogP contribution in [0.1, 0.15) is 5.56 Å². The molecule has 0 unspecified atom stereocenters. The van der Waals surface area contributed by atoms with Gasteiger partial charge in [-0.05, 0) is 47.8 Å². The second kappa shape index (κ2) is 7.79. The molecule has 24 heavy (non-hydrogen) atoms. The highest BCUT2D eigenvalue weighted by Crippen LogP contribution is 2.31. The molecule has 0 aliphatic heterocycles. The third-order valence-electron chi connectivity index (χ3n) is 3.71. The number of nitrogens with two attached hydrogens (primary N) is 1. The third-order valence-corrected chi connectivity index (χ3v) is 4.68. The minimum atomic E-state index is 0.754. The van der Waals surface area contributed by atoms with Gasteiger partial charge in [-0.15, -0.1) is 0 Å². The summed E-state index contributed by atoms with van der Waals surface area (Å²) in [6, 6.07) is 26.7. The Labute approximate surface area is 147 Å². The van der Waals surface area contributed by atoms with Crippen LogP contribution in [0.5, 0.6) is 0 Å². The maximum absolute atomic E-state index is 6.22. The van der Waals surface area contributed by atoms with Gasteiger partial charge in [0.2, 0.25) is 0 Å². The number of hydrogen-bond donors (Lipinski definition) is 2. The fourth-order valence-corrected chi connectivity index (χ4v) is 3.21. The van der Waals surface area contributed by atoms with Crippen LogP contribution in [0.3, 0.4) is 0 Å². The van der Waals surface area contributed by atoms with Gasteiger partial charge in [-0.2, -0.15) is 0 Å². The predicted octanol–water partition coefficient (Wildman–Crippen LogP) is 5.02. The van der Waals surface area contributed by atoms with Gasteiger partial charge in [0.15, 0.2) is 0 Å². The zero-order valence-corrected chi connectivity index (χ0v) is 14.5. The average molecular weight is 335 g/mol. The first-order valence-electron chi connectivity index (χ1n) is 7.86. The van der Waals surface area contributed by atoms with E-state index in [0.29, 0.717) is 0 Å². The molecule has 3 rings (SSSR count). The molecule has 0 radical (unpaired) electrons. The Kier molecular flexibility index (Phi) is 5.29. The summed E-state index contributed by atoms with van der Waals surface area (Å²) >= 11 is 1.68. The summed E-state index contributed by atoms with van der Waals surface area (Å²) < 4.78 is 2.12. The van der Waals surface area contributed by atoms with Crippen molar-refractivity contribution in [3.63, 3.8) is 0 Å². The fraction of sp³-hybridized carbons (Fsp3) is 0.100. The Hall–Kier alpha value is -2.59. The van der Waals surface area contributed by atoms with E-state index in [1.807, 2.05) is 55.6 Å². The quantitative estimate of drug-likeness (QED) is 0.490. The first-order valence-corrected chi connectivity index (χ1v) is 8.64. The summed E-state index contributed by atoms with van der Waals surface area (Å²) in [4.78, 5) is 1.20. The molecule has 0 saturated heterocycles.